The lowest BCUT2D eigenvalue weighted by atomic mass is 9.85. The van der Waals surface area contributed by atoms with Crippen molar-refractivity contribution in [3.8, 4) is 0 Å². The van der Waals surface area contributed by atoms with Crippen LogP contribution >= 0.6 is 186 Å². The first-order valence-corrected chi connectivity index (χ1v) is 33.4. The number of carboxylic acid groups (broad SMARTS) is 4. The molecule has 22 nitrogen and oxygen atoms in total. The fourth-order valence-corrected chi connectivity index (χ4v) is 14.0. The Morgan fingerprint density at radius 2 is 0.404 bits per heavy atom. The van der Waals surface area contributed by atoms with Crippen LogP contribution in [0.2, 0.25) is 80.4 Å². The number of rotatable bonds is 9. The van der Waals surface area contributed by atoms with Crippen molar-refractivity contribution >= 4 is 263 Å². The van der Waals surface area contributed by atoms with Crippen LogP contribution in [0.15, 0.2) is 0 Å². The summed E-state index contributed by atoms with van der Waals surface area (Å²) < 4.78 is 4.40. The topological polar surface area (TPSA) is 336 Å². The van der Waals surface area contributed by atoms with E-state index in [9.17, 15) is 82.8 Å². The fourth-order valence-electron chi connectivity index (χ4n) is 9.99. The quantitative estimate of drug-likeness (QED) is 0.0650. The summed E-state index contributed by atoms with van der Waals surface area (Å²) in [5.41, 5.74) is -5.96. The number of carboxylic acids is 4. The average molecular weight is 1700 g/mol. The maximum atomic E-state index is 12.6. The van der Waals surface area contributed by atoms with Crippen LogP contribution in [0.3, 0.4) is 0 Å². The van der Waals surface area contributed by atoms with Crippen molar-refractivity contribution < 1.29 is 87.5 Å². The number of benzene rings is 4. The van der Waals surface area contributed by atoms with E-state index in [2.05, 4.69) is 4.74 Å². The molecule has 0 saturated carbocycles. The minimum Gasteiger partial charge on any atom is -0.548 e. The summed E-state index contributed by atoms with van der Waals surface area (Å²) in [4.78, 5) is 159. The number of hydrogen-bond acceptors (Lipinski definition) is 18. The molecule has 540 valence electrons. The van der Waals surface area contributed by atoms with Gasteiger partial charge in [0.15, 0.2) is 0 Å². The molecule has 8 rings (SSSR count). The lowest BCUT2D eigenvalue weighted by molar-refractivity contribution is -0.314. The molecular formula is C61H52Cl16N4O18-4. The molecule has 0 aromatic heterocycles. The Balaban J connectivity index is 0.000000333. The van der Waals surface area contributed by atoms with Crippen molar-refractivity contribution in [1.82, 2.24) is 19.6 Å². The number of ether oxygens (including phenoxy) is 1. The van der Waals surface area contributed by atoms with Crippen molar-refractivity contribution in [3.05, 3.63) is 125 Å². The molecule has 8 amide bonds. The highest BCUT2D eigenvalue weighted by Gasteiger charge is 2.53. The molecule has 4 aromatic rings. The lowest BCUT2D eigenvalue weighted by Crippen LogP contribution is -2.56. The molecule has 4 aromatic carbocycles. The van der Waals surface area contributed by atoms with E-state index in [0.29, 0.717) is 26.2 Å². The van der Waals surface area contributed by atoms with Gasteiger partial charge in [0, 0.05) is 6.92 Å². The summed E-state index contributed by atoms with van der Waals surface area (Å²) in [7, 11) is 0. The Hall–Kier alpha value is -4.57. The van der Waals surface area contributed by atoms with Crippen LogP contribution in [0.4, 0.5) is 0 Å². The Kier molecular flexibility index (Phi) is 29.2. The maximum Gasteiger partial charge on any atom is 0.302 e. The summed E-state index contributed by atoms with van der Waals surface area (Å²) in [6.07, 6.45) is 0. The van der Waals surface area contributed by atoms with E-state index < -0.39 is 117 Å². The van der Waals surface area contributed by atoms with E-state index in [1.807, 2.05) is 0 Å². The number of nitrogens with zero attached hydrogens (tertiary/aromatic N) is 4. The van der Waals surface area contributed by atoms with Gasteiger partial charge in [0.05, 0.1) is 180 Å². The molecule has 0 radical (unpaired) electrons. The first-order valence-electron chi connectivity index (χ1n) is 27.3. The Labute approximate surface area is 645 Å². The van der Waals surface area contributed by atoms with Crippen LogP contribution in [-0.2, 0) is 28.7 Å². The van der Waals surface area contributed by atoms with Crippen LogP contribution in [0.5, 0.6) is 0 Å². The van der Waals surface area contributed by atoms with Crippen molar-refractivity contribution in [2.24, 2.45) is 21.7 Å². The van der Waals surface area contributed by atoms with Gasteiger partial charge in [-0.2, -0.15) is 0 Å². The van der Waals surface area contributed by atoms with Gasteiger partial charge < -0.3 is 44.3 Å². The van der Waals surface area contributed by atoms with E-state index in [4.69, 9.17) is 186 Å². The van der Waals surface area contributed by atoms with Crippen LogP contribution in [0.1, 0.15) is 187 Å². The van der Waals surface area contributed by atoms with E-state index in [1.165, 1.54) is 6.92 Å². The van der Waals surface area contributed by atoms with Gasteiger partial charge in [-0.1, -0.05) is 276 Å². The third-order valence-corrected chi connectivity index (χ3v) is 21.3. The standard InChI is InChI=1S/4C14H11Cl4NO4.C4H8O2.CH4/c4*1-14(2,3)10(13(22)23)19-11(20)4-5(12(19)21)7(16)9(18)8(17)6(4)15;1-3-6-4(2)5;/h4*10H,1-3H3,(H,22,23);3H2,1-2H3;1H4/p-4/t4*10-;;/m0000../s1. The second-order valence-electron chi connectivity index (χ2n) is 25.2. The van der Waals surface area contributed by atoms with Crippen LogP contribution in [0.25, 0.3) is 0 Å². The molecular weight excluding hydrogens is 1640 g/mol. The van der Waals surface area contributed by atoms with Gasteiger partial charge in [-0.05, 0) is 28.6 Å². The number of imide groups is 4. The van der Waals surface area contributed by atoms with E-state index in [-0.39, 0.29) is 138 Å². The first kappa shape index (κ1) is 88.6. The number of amides is 8. The summed E-state index contributed by atoms with van der Waals surface area (Å²) >= 11 is 95.2. The Morgan fingerprint density at radius 1 is 0.293 bits per heavy atom. The molecule has 4 heterocycles. The first-order chi connectivity index (χ1) is 44.4. The molecule has 0 N–H and O–H groups in total. The Bertz CT molecular complexity index is 3500. The van der Waals surface area contributed by atoms with E-state index >= 15 is 0 Å². The molecule has 4 aliphatic heterocycles. The van der Waals surface area contributed by atoms with Crippen LogP contribution in [-0.4, -0.2) is 127 Å². The molecule has 0 fully saturated rings. The van der Waals surface area contributed by atoms with Gasteiger partial charge in [0.25, 0.3) is 47.3 Å². The maximum absolute atomic E-state index is 12.6. The van der Waals surface area contributed by atoms with Crippen molar-refractivity contribution in [2.75, 3.05) is 6.61 Å². The highest BCUT2D eigenvalue weighted by molar-refractivity contribution is 6.58. The molecule has 0 saturated heterocycles. The van der Waals surface area contributed by atoms with Crippen LogP contribution < -0.4 is 20.4 Å². The lowest BCUT2D eigenvalue weighted by Gasteiger charge is -2.37. The van der Waals surface area contributed by atoms with Gasteiger partial charge in [-0.15, -0.1) is 0 Å². The summed E-state index contributed by atoms with van der Waals surface area (Å²) in [5.74, 6) is -13.7. The van der Waals surface area contributed by atoms with Crippen molar-refractivity contribution in [3.63, 3.8) is 0 Å². The molecule has 0 bridgehead atoms. The second-order valence-corrected chi connectivity index (χ2v) is 31.3. The average Bonchev–Trinajstić information content (AvgIpc) is 1.61. The number of esters is 1. The molecule has 0 spiro atoms. The number of carbonyl (C=O) groups is 13. The SMILES string of the molecule is C.CC(C)(C)[C@H](C(=O)[O-])N1C(=O)c2c(Cl)c(Cl)c(Cl)c(Cl)c2C1=O.CC(C)(C)[C@H](C(=O)[O-])N1C(=O)c2c(Cl)c(Cl)c(Cl)c(Cl)c2C1=O.CC(C)(C)[C@H](C(=O)[O-])N1C(=O)c2c(Cl)c(Cl)c(Cl)c(Cl)c2C1=O.CC(C)(C)[C@H](C(=O)[O-])N1C(=O)c2c(Cl)c(Cl)c(Cl)c(Cl)c2C1=O.CCOC(C)=O. The van der Waals surface area contributed by atoms with Gasteiger partial charge in [0.2, 0.25) is 0 Å². The second kappa shape index (κ2) is 32.6. The van der Waals surface area contributed by atoms with Gasteiger partial charge in [-0.25, -0.2) is 0 Å². The summed E-state index contributed by atoms with van der Waals surface area (Å²) in [6, 6.07) is -6.06. The summed E-state index contributed by atoms with van der Waals surface area (Å²) in [5, 5.41) is 42.6. The van der Waals surface area contributed by atoms with Crippen molar-refractivity contribution in [1.29, 1.82) is 0 Å². The highest BCUT2D eigenvalue weighted by Crippen LogP contribution is 2.51. The predicted octanol–water partition coefficient (Wildman–Crippen LogP) is 13.4. The third kappa shape index (κ3) is 17.0. The zero-order valence-corrected chi connectivity index (χ0v) is 64.8. The molecule has 4 atom stereocenters. The predicted molar refractivity (Wildman–Crippen MR) is 370 cm³/mol. The highest BCUT2D eigenvalue weighted by atomic mass is 35.5. The minimum absolute atomic E-state index is 0. The smallest absolute Gasteiger partial charge is 0.302 e. The number of carbonyl (C=O) groups excluding carboxylic acids is 13. The van der Waals surface area contributed by atoms with Gasteiger partial charge in [-0.3, -0.25) is 62.8 Å². The third-order valence-electron chi connectivity index (χ3n) is 14.1. The normalized spacial score (nSPS) is 15.2. The zero-order chi connectivity index (χ0) is 76.4. The minimum atomic E-state index is -1.57. The number of aliphatic carboxylic acids is 4. The fraction of sp³-hybridized carbons (Fsp3) is 0.393. The van der Waals surface area contributed by atoms with E-state index in [0.717, 1.165) is 0 Å². The number of halogens is 16. The number of hydrogen-bond donors (Lipinski definition) is 0. The Morgan fingerprint density at radius 3 is 0.465 bits per heavy atom. The largest absolute Gasteiger partial charge is 0.548 e. The zero-order valence-electron chi connectivity index (χ0n) is 52.7. The van der Waals surface area contributed by atoms with Crippen LogP contribution in [0, 0.1) is 21.7 Å². The number of fused-ring (bicyclic) bond motifs is 4. The molecule has 38 heteroatoms. The molecule has 0 unspecified atom stereocenters. The molecule has 4 aliphatic rings. The summed E-state index contributed by atoms with van der Waals surface area (Å²) in [6.45, 7) is 22.3. The van der Waals surface area contributed by atoms with Crippen molar-refractivity contribution in [2.45, 2.75) is 129 Å². The molecule has 99 heavy (non-hydrogen) atoms. The van der Waals surface area contributed by atoms with Gasteiger partial charge >= 0.3 is 5.97 Å². The van der Waals surface area contributed by atoms with E-state index in [1.54, 1.807) is 90.0 Å². The monoisotopic (exact) mass is 1690 g/mol. The van der Waals surface area contributed by atoms with Gasteiger partial charge in [0.1, 0.15) is 0 Å². The molecule has 0 aliphatic carbocycles.